The fraction of sp³-hybridized carbons (Fsp3) is 0.533. The van der Waals surface area contributed by atoms with Crippen molar-refractivity contribution in [2.45, 2.75) is 19.0 Å². The maximum atomic E-state index is 14.0. The van der Waals surface area contributed by atoms with Gasteiger partial charge in [0.15, 0.2) is 0 Å². The monoisotopic (exact) mass is 354 g/mol. The fourth-order valence-electron chi connectivity index (χ4n) is 2.72. The van der Waals surface area contributed by atoms with Gasteiger partial charge in [0.05, 0.1) is 11.1 Å². The zero-order valence-corrected chi connectivity index (χ0v) is 13.4. The minimum Gasteiger partial charge on any atom is -0.339 e. The molecule has 0 unspecified atom stereocenters. The van der Waals surface area contributed by atoms with Gasteiger partial charge in [-0.1, -0.05) is 6.07 Å². The number of likely N-dealkylation sites (tertiary alicyclic amines) is 1. The standard InChI is InChI=1S/C15H18F4N2O.ClH/c1-20-9-10-5-7-21(8-6-10)14(22)11-3-2-4-12(13(11)16)15(17,18)19;/h2-4,10,20H,5-9H2,1H3;1H. The van der Waals surface area contributed by atoms with Crippen molar-refractivity contribution >= 4 is 18.3 Å². The van der Waals surface area contributed by atoms with E-state index in [0.717, 1.165) is 31.5 Å². The second-order valence-electron chi connectivity index (χ2n) is 5.46. The molecular weight excluding hydrogens is 336 g/mol. The topological polar surface area (TPSA) is 32.3 Å². The predicted octanol–water partition coefficient (Wildman–Crippen LogP) is 3.34. The lowest BCUT2D eigenvalue weighted by molar-refractivity contribution is -0.140. The smallest absolute Gasteiger partial charge is 0.339 e. The number of hydrogen-bond acceptors (Lipinski definition) is 2. The van der Waals surface area contributed by atoms with E-state index in [1.54, 1.807) is 0 Å². The quantitative estimate of drug-likeness (QED) is 0.844. The molecule has 0 aliphatic carbocycles. The van der Waals surface area contributed by atoms with Gasteiger partial charge in [-0.3, -0.25) is 4.79 Å². The molecule has 1 aliphatic rings. The molecule has 130 valence electrons. The third-order valence-corrected chi connectivity index (χ3v) is 3.93. The fourth-order valence-corrected chi connectivity index (χ4v) is 2.72. The van der Waals surface area contributed by atoms with Gasteiger partial charge >= 0.3 is 6.18 Å². The van der Waals surface area contributed by atoms with Crippen molar-refractivity contribution in [2.75, 3.05) is 26.7 Å². The summed E-state index contributed by atoms with van der Waals surface area (Å²) in [6.45, 7) is 1.70. The lowest BCUT2D eigenvalue weighted by Gasteiger charge is -2.32. The largest absolute Gasteiger partial charge is 0.419 e. The van der Waals surface area contributed by atoms with Crippen LogP contribution in [0.25, 0.3) is 0 Å². The Morgan fingerprint density at radius 2 is 1.91 bits per heavy atom. The molecule has 2 rings (SSSR count). The van der Waals surface area contributed by atoms with Gasteiger partial charge in [-0.2, -0.15) is 13.2 Å². The molecule has 0 atom stereocenters. The van der Waals surface area contributed by atoms with E-state index in [4.69, 9.17) is 0 Å². The van der Waals surface area contributed by atoms with E-state index in [9.17, 15) is 22.4 Å². The highest BCUT2D eigenvalue weighted by atomic mass is 35.5. The van der Waals surface area contributed by atoms with Gasteiger partial charge in [0.2, 0.25) is 0 Å². The Morgan fingerprint density at radius 3 is 2.43 bits per heavy atom. The van der Waals surface area contributed by atoms with E-state index < -0.39 is 29.0 Å². The van der Waals surface area contributed by atoms with Gasteiger partial charge in [-0.25, -0.2) is 4.39 Å². The van der Waals surface area contributed by atoms with Crippen LogP contribution in [-0.2, 0) is 6.18 Å². The van der Waals surface area contributed by atoms with Crippen LogP contribution in [-0.4, -0.2) is 37.5 Å². The highest BCUT2D eigenvalue weighted by molar-refractivity contribution is 5.94. The Kier molecular flexibility index (Phi) is 6.83. The normalized spacial score (nSPS) is 16.1. The van der Waals surface area contributed by atoms with Crippen molar-refractivity contribution in [3.8, 4) is 0 Å². The molecule has 1 N–H and O–H groups in total. The number of carbonyl (C=O) groups excluding carboxylic acids is 1. The molecule has 1 heterocycles. The van der Waals surface area contributed by atoms with Gasteiger partial charge in [-0.15, -0.1) is 12.4 Å². The van der Waals surface area contributed by atoms with Crippen molar-refractivity contribution in [2.24, 2.45) is 5.92 Å². The van der Waals surface area contributed by atoms with Crippen molar-refractivity contribution < 1.29 is 22.4 Å². The average molecular weight is 355 g/mol. The molecule has 1 aliphatic heterocycles. The van der Waals surface area contributed by atoms with Crippen LogP contribution in [0.5, 0.6) is 0 Å². The molecule has 1 aromatic carbocycles. The van der Waals surface area contributed by atoms with Crippen LogP contribution in [0.15, 0.2) is 18.2 Å². The van der Waals surface area contributed by atoms with Crippen LogP contribution in [0.2, 0.25) is 0 Å². The predicted molar refractivity (Wildman–Crippen MR) is 81.2 cm³/mol. The first-order valence-corrected chi connectivity index (χ1v) is 7.14. The number of hydrogen-bond donors (Lipinski definition) is 1. The van der Waals surface area contributed by atoms with Crippen LogP contribution >= 0.6 is 12.4 Å². The summed E-state index contributed by atoms with van der Waals surface area (Å²) in [6.07, 6.45) is -3.29. The number of rotatable bonds is 3. The SMILES string of the molecule is CNCC1CCN(C(=O)c2cccc(C(F)(F)F)c2F)CC1.Cl. The van der Waals surface area contributed by atoms with Gasteiger partial charge in [0, 0.05) is 13.1 Å². The molecule has 8 heteroatoms. The molecule has 0 spiro atoms. The highest BCUT2D eigenvalue weighted by Crippen LogP contribution is 2.33. The number of halogens is 5. The van der Waals surface area contributed by atoms with Crippen LogP contribution in [0.3, 0.4) is 0 Å². The zero-order chi connectivity index (χ0) is 16.3. The number of benzene rings is 1. The van der Waals surface area contributed by atoms with E-state index in [2.05, 4.69) is 5.32 Å². The van der Waals surface area contributed by atoms with E-state index in [-0.39, 0.29) is 12.4 Å². The van der Waals surface area contributed by atoms with Gasteiger partial charge in [0.25, 0.3) is 5.91 Å². The third-order valence-electron chi connectivity index (χ3n) is 3.93. The molecule has 1 fully saturated rings. The van der Waals surface area contributed by atoms with Crippen LogP contribution in [0.4, 0.5) is 17.6 Å². The Hall–Kier alpha value is -1.34. The lowest BCUT2D eigenvalue weighted by Crippen LogP contribution is -2.40. The second kappa shape index (κ2) is 7.97. The number of nitrogens with one attached hydrogen (secondary N) is 1. The summed E-state index contributed by atoms with van der Waals surface area (Å²) >= 11 is 0. The Labute approximate surface area is 138 Å². The third kappa shape index (κ3) is 4.57. The first-order valence-electron chi connectivity index (χ1n) is 7.14. The first-order chi connectivity index (χ1) is 10.3. The van der Waals surface area contributed by atoms with Crippen molar-refractivity contribution in [3.05, 3.63) is 35.1 Å². The minimum atomic E-state index is -4.81. The average Bonchev–Trinajstić information content (AvgIpc) is 2.47. The number of piperidine rings is 1. The van der Waals surface area contributed by atoms with E-state index in [1.165, 1.54) is 4.90 Å². The molecule has 1 saturated heterocycles. The minimum absolute atomic E-state index is 0. The summed E-state index contributed by atoms with van der Waals surface area (Å²) in [6, 6.07) is 2.81. The van der Waals surface area contributed by atoms with Gasteiger partial charge in [0.1, 0.15) is 5.82 Å². The van der Waals surface area contributed by atoms with Crippen molar-refractivity contribution in [1.29, 1.82) is 0 Å². The van der Waals surface area contributed by atoms with E-state index in [1.807, 2.05) is 7.05 Å². The number of carbonyl (C=O) groups is 1. The number of alkyl halides is 3. The Bertz CT molecular complexity index is 543. The molecule has 1 aromatic rings. The number of amides is 1. The van der Waals surface area contributed by atoms with Gasteiger partial charge in [-0.05, 0) is 44.5 Å². The summed E-state index contributed by atoms with van der Waals surface area (Å²) in [7, 11) is 1.84. The Morgan fingerprint density at radius 1 is 1.30 bits per heavy atom. The summed E-state index contributed by atoms with van der Waals surface area (Å²) in [5, 5.41) is 3.06. The molecule has 0 saturated carbocycles. The maximum absolute atomic E-state index is 14.0. The van der Waals surface area contributed by atoms with E-state index in [0.29, 0.717) is 25.1 Å². The number of nitrogens with zero attached hydrogens (tertiary/aromatic N) is 1. The molecule has 3 nitrogen and oxygen atoms in total. The molecule has 0 aromatic heterocycles. The van der Waals surface area contributed by atoms with E-state index >= 15 is 0 Å². The van der Waals surface area contributed by atoms with Crippen LogP contribution < -0.4 is 5.32 Å². The molecule has 1 amide bonds. The van der Waals surface area contributed by atoms with Gasteiger partial charge < -0.3 is 10.2 Å². The second-order valence-corrected chi connectivity index (χ2v) is 5.46. The zero-order valence-electron chi connectivity index (χ0n) is 12.6. The van der Waals surface area contributed by atoms with Crippen molar-refractivity contribution in [1.82, 2.24) is 10.2 Å². The van der Waals surface area contributed by atoms with Crippen LogP contribution in [0.1, 0.15) is 28.8 Å². The molecule has 0 radical (unpaired) electrons. The Balaban J connectivity index is 0.00000264. The summed E-state index contributed by atoms with van der Waals surface area (Å²) in [4.78, 5) is 13.7. The summed E-state index contributed by atoms with van der Waals surface area (Å²) in [5.74, 6) is -1.73. The molecular formula is C15H19ClF4N2O. The lowest BCUT2D eigenvalue weighted by atomic mass is 9.96. The molecule has 23 heavy (non-hydrogen) atoms. The highest BCUT2D eigenvalue weighted by Gasteiger charge is 2.36. The summed E-state index contributed by atoms with van der Waals surface area (Å²) < 4.78 is 52.1. The molecule has 0 bridgehead atoms. The van der Waals surface area contributed by atoms with Crippen LogP contribution in [0, 0.1) is 11.7 Å². The summed E-state index contributed by atoms with van der Waals surface area (Å²) in [5.41, 5.74) is -1.91. The van der Waals surface area contributed by atoms with Crippen molar-refractivity contribution in [3.63, 3.8) is 0 Å². The maximum Gasteiger partial charge on any atom is 0.419 e. The first kappa shape index (κ1) is 19.7.